The average Bonchev–Trinajstić information content (AvgIpc) is 2.34. The van der Waals surface area contributed by atoms with E-state index in [-0.39, 0.29) is 43.3 Å². The molecule has 0 aliphatic carbocycles. The van der Waals surface area contributed by atoms with Gasteiger partial charge in [-0.3, -0.25) is 19.2 Å². The molecule has 0 saturated heterocycles. The summed E-state index contributed by atoms with van der Waals surface area (Å²) in [4.78, 5) is 60.8. The van der Waals surface area contributed by atoms with Crippen molar-refractivity contribution in [3.8, 4) is 0 Å². The number of carbonyl (C=O) groups excluding carboxylic acids is 1. The van der Waals surface area contributed by atoms with Crippen molar-refractivity contribution < 1.29 is 71.0 Å². The van der Waals surface area contributed by atoms with Gasteiger partial charge in [-0.15, -0.1) is 0 Å². The first kappa shape index (κ1) is 37.4. The standard InChI is InChI=1S/2C6H8O7.2H3N.Na.H/c2*7-3(8)1-6(13,5(11)12)2-4(9)10;;;;/h2*13H,1-2H2,(H,7,8)(H,9,10)(H,11,12);2*1H3;;. The fraction of sp³-hybridized carbons (Fsp3) is 0.500. The number of carboxylic acid groups (broad SMARTS) is 6. The molecule has 29 heavy (non-hydrogen) atoms. The number of carboxylic acids is 6. The van der Waals surface area contributed by atoms with Crippen LogP contribution < -0.4 is 17.4 Å². The molecule has 0 saturated carbocycles. The molecular formula is C12H23N2NaO14. The van der Waals surface area contributed by atoms with Crippen LogP contribution in [0.15, 0.2) is 0 Å². The molecule has 16 nitrogen and oxygen atoms in total. The van der Waals surface area contributed by atoms with Crippen molar-refractivity contribution in [2.24, 2.45) is 0 Å². The van der Waals surface area contributed by atoms with Crippen molar-refractivity contribution in [2.75, 3.05) is 0 Å². The molecule has 0 aromatic carbocycles. The van der Waals surface area contributed by atoms with E-state index < -0.39 is 72.7 Å². The normalized spacial score (nSPS) is 9.72. The Balaban J connectivity index is -0.0000000847. The molecule has 0 heterocycles. The van der Waals surface area contributed by atoms with E-state index in [1.807, 2.05) is 0 Å². The molecule has 166 valence electrons. The van der Waals surface area contributed by atoms with E-state index in [4.69, 9.17) is 35.7 Å². The molecule has 0 radical (unpaired) electrons. The number of hydrogen-bond acceptors (Lipinski definition) is 11. The summed E-state index contributed by atoms with van der Waals surface area (Å²) in [6.45, 7) is 0. The van der Waals surface area contributed by atoms with Crippen LogP contribution in [0, 0.1) is 0 Å². The van der Waals surface area contributed by atoms with E-state index in [1.165, 1.54) is 0 Å². The van der Waals surface area contributed by atoms with E-state index in [0.717, 1.165) is 0 Å². The van der Waals surface area contributed by atoms with Crippen molar-refractivity contribution in [1.29, 1.82) is 0 Å². The van der Waals surface area contributed by atoms with E-state index in [0.29, 0.717) is 0 Å². The Labute approximate surface area is 185 Å². The number of hydrogen-bond donors (Lipinski definition) is 9. The summed E-state index contributed by atoms with van der Waals surface area (Å²) in [6.07, 6.45) is -4.70. The Morgan fingerprint density at radius 3 is 0.966 bits per heavy atom. The summed E-state index contributed by atoms with van der Waals surface area (Å²) in [5.74, 6) is -10.4. The topological polar surface area (TPSA) is 337 Å². The van der Waals surface area contributed by atoms with Gasteiger partial charge in [-0.25, -0.2) is 4.79 Å². The van der Waals surface area contributed by atoms with Gasteiger partial charge in [0.15, 0.2) is 5.60 Å². The molecule has 0 aliphatic heterocycles. The van der Waals surface area contributed by atoms with E-state index in [1.54, 1.807) is 0 Å². The van der Waals surface area contributed by atoms with Crippen LogP contribution >= 0.6 is 0 Å². The van der Waals surface area contributed by atoms with Crippen molar-refractivity contribution >= 4 is 65.4 Å². The first-order valence-corrected chi connectivity index (χ1v) is 6.32. The number of aliphatic hydroxyl groups is 2. The van der Waals surface area contributed by atoms with Crippen LogP contribution in [0.5, 0.6) is 0 Å². The predicted octanol–water partition coefficient (Wildman–Crippen LogP) is -4.04. The minimum absolute atomic E-state index is 0. The summed E-state index contributed by atoms with van der Waals surface area (Å²) in [6, 6.07) is 0. The van der Waals surface area contributed by atoms with Gasteiger partial charge in [0.1, 0.15) is 5.60 Å². The van der Waals surface area contributed by atoms with Gasteiger partial charge in [0.25, 0.3) is 0 Å². The first-order valence-electron chi connectivity index (χ1n) is 6.32. The van der Waals surface area contributed by atoms with Crippen molar-refractivity contribution in [2.45, 2.75) is 36.9 Å². The molecule has 13 N–H and O–H groups in total. The van der Waals surface area contributed by atoms with Gasteiger partial charge in [-0.05, 0) is 0 Å². The molecule has 0 bridgehead atoms. The summed E-state index contributed by atoms with van der Waals surface area (Å²) in [5.41, 5.74) is -5.59. The minimum atomic E-state index is -2.85. The summed E-state index contributed by atoms with van der Waals surface area (Å²) >= 11 is 0. The van der Waals surface area contributed by atoms with Crippen molar-refractivity contribution in [3.05, 3.63) is 0 Å². The van der Waals surface area contributed by atoms with Gasteiger partial charge in [0.05, 0.1) is 31.7 Å². The van der Waals surface area contributed by atoms with Crippen LogP contribution in [0.3, 0.4) is 0 Å². The second-order valence-electron chi connectivity index (χ2n) is 4.94. The summed E-state index contributed by atoms with van der Waals surface area (Å²) in [5, 5.41) is 69.4. The molecule has 0 aromatic rings. The SMILES string of the molecule is N.N.O=C(O)CC(O)(CC(=O)O)C(=O)O.O=C(O)CC(O)(CC(=O)O)C(=O)[O-].[H+].[NaH]. The molecule has 17 heteroatoms. The zero-order valence-corrected chi connectivity index (χ0v) is 14.2. The van der Waals surface area contributed by atoms with Crippen LogP contribution in [0.4, 0.5) is 0 Å². The summed E-state index contributed by atoms with van der Waals surface area (Å²) < 4.78 is 0. The third-order valence-corrected chi connectivity index (χ3v) is 2.55. The Hall–Kier alpha value is -2.34. The van der Waals surface area contributed by atoms with Gasteiger partial charge in [-0.2, -0.15) is 0 Å². The molecule has 0 aromatic heterocycles. The second-order valence-corrected chi connectivity index (χ2v) is 4.94. The number of rotatable bonds is 10. The van der Waals surface area contributed by atoms with Crippen LogP contribution in [0.1, 0.15) is 27.1 Å². The third-order valence-electron chi connectivity index (χ3n) is 2.55. The second kappa shape index (κ2) is 15.6. The molecule has 0 fully saturated rings. The third kappa shape index (κ3) is 16.3. The van der Waals surface area contributed by atoms with Crippen molar-refractivity contribution in [3.63, 3.8) is 0 Å². The molecule has 0 spiro atoms. The van der Waals surface area contributed by atoms with E-state index in [2.05, 4.69) is 0 Å². The van der Waals surface area contributed by atoms with Crippen molar-refractivity contribution in [1.82, 2.24) is 12.3 Å². The van der Waals surface area contributed by atoms with Crippen LogP contribution in [-0.2, 0) is 28.8 Å². The van der Waals surface area contributed by atoms with Gasteiger partial charge < -0.3 is 57.9 Å². The van der Waals surface area contributed by atoms with E-state index >= 15 is 0 Å². The Morgan fingerprint density at radius 2 is 0.828 bits per heavy atom. The van der Waals surface area contributed by atoms with E-state index in [9.17, 15) is 33.9 Å². The van der Waals surface area contributed by atoms with Crippen LogP contribution in [-0.4, -0.2) is 112 Å². The zero-order valence-electron chi connectivity index (χ0n) is 15.2. The maximum atomic E-state index is 10.3. The Bertz CT molecular complexity index is 530. The monoisotopic (exact) mass is 442 g/mol. The fourth-order valence-corrected chi connectivity index (χ4v) is 1.42. The molecular weight excluding hydrogens is 419 g/mol. The molecule has 0 amide bonds. The molecule has 0 aliphatic rings. The average molecular weight is 442 g/mol. The fourth-order valence-electron chi connectivity index (χ4n) is 1.42. The summed E-state index contributed by atoms with van der Waals surface area (Å²) in [7, 11) is 0. The van der Waals surface area contributed by atoms with Gasteiger partial charge in [-0.1, -0.05) is 0 Å². The quantitative estimate of drug-likeness (QED) is 0.145. The molecule has 0 rings (SSSR count). The van der Waals surface area contributed by atoms with Gasteiger partial charge >= 0.3 is 60.8 Å². The maximum absolute atomic E-state index is 10.3. The molecule has 0 atom stereocenters. The molecule has 0 unspecified atom stereocenters. The number of carbonyl (C=O) groups is 6. The predicted molar refractivity (Wildman–Crippen MR) is 89.9 cm³/mol. The first-order chi connectivity index (χ1) is 11.6. The number of aliphatic carboxylic acids is 6. The Morgan fingerprint density at radius 1 is 0.621 bits per heavy atom. The van der Waals surface area contributed by atoms with Gasteiger partial charge in [0.2, 0.25) is 0 Å². The van der Waals surface area contributed by atoms with Gasteiger partial charge in [0, 0.05) is 0 Å². The van der Waals surface area contributed by atoms with Crippen LogP contribution in [0.25, 0.3) is 0 Å². The zero-order chi connectivity index (χ0) is 21.3. The van der Waals surface area contributed by atoms with Crippen LogP contribution in [0.2, 0.25) is 0 Å². The Kier molecular flexibility index (Phi) is 20.1.